The molecule has 0 radical (unpaired) electrons. The summed E-state index contributed by atoms with van der Waals surface area (Å²) in [7, 11) is 0. The van der Waals surface area contributed by atoms with Crippen LogP contribution in [0.15, 0.2) is 12.1 Å². The number of nitrogens with zero attached hydrogens (tertiary/aromatic N) is 1. The van der Waals surface area contributed by atoms with E-state index in [0.717, 1.165) is 11.3 Å². The Kier molecular flexibility index (Phi) is 3.71. The van der Waals surface area contributed by atoms with Gasteiger partial charge >= 0.3 is 0 Å². The lowest BCUT2D eigenvalue weighted by molar-refractivity contribution is -0.148. The Morgan fingerprint density at radius 3 is 2.56 bits per heavy atom. The van der Waals surface area contributed by atoms with Crippen LogP contribution in [-0.2, 0) is 22.6 Å². The maximum Gasteiger partial charge on any atom is 0.245 e. The molecule has 0 spiro atoms. The summed E-state index contributed by atoms with van der Waals surface area (Å²) in [6, 6.07) is 3.32. The number of amides is 2. The molecule has 1 aromatic heterocycles. The van der Waals surface area contributed by atoms with Gasteiger partial charge in [0.1, 0.15) is 12.1 Å². The van der Waals surface area contributed by atoms with Gasteiger partial charge in [0.05, 0.1) is 6.54 Å². The fourth-order valence-corrected chi connectivity index (χ4v) is 3.01. The van der Waals surface area contributed by atoms with Crippen LogP contribution in [0, 0.1) is 0 Å². The first kappa shape index (κ1) is 13.1. The molecule has 0 aromatic carbocycles. The van der Waals surface area contributed by atoms with Crippen LogP contribution in [0.1, 0.15) is 30.5 Å². The van der Waals surface area contributed by atoms with Gasteiger partial charge < -0.3 is 10.2 Å². The van der Waals surface area contributed by atoms with E-state index in [1.165, 1.54) is 4.88 Å². The zero-order valence-corrected chi connectivity index (χ0v) is 11.7. The quantitative estimate of drug-likeness (QED) is 0.902. The molecule has 1 saturated heterocycles. The molecule has 0 saturated carbocycles. The predicted molar refractivity (Wildman–Crippen MR) is 71.3 cm³/mol. The zero-order valence-electron chi connectivity index (χ0n) is 10.9. The summed E-state index contributed by atoms with van der Waals surface area (Å²) in [6.45, 7) is 6.14. The van der Waals surface area contributed by atoms with Gasteiger partial charge in [0, 0.05) is 9.75 Å². The smallest absolute Gasteiger partial charge is 0.245 e. The maximum atomic E-state index is 12.1. The monoisotopic (exact) mass is 266 g/mol. The minimum Gasteiger partial charge on any atom is -0.343 e. The van der Waals surface area contributed by atoms with Gasteiger partial charge in [-0.25, -0.2) is 0 Å². The molecule has 2 heterocycles. The molecule has 1 fully saturated rings. The lowest BCUT2D eigenvalue weighted by Gasteiger charge is -2.35. The van der Waals surface area contributed by atoms with Crippen LogP contribution >= 0.6 is 11.3 Å². The van der Waals surface area contributed by atoms with Crippen molar-refractivity contribution in [1.29, 1.82) is 0 Å². The van der Waals surface area contributed by atoms with Crippen molar-refractivity contribution in [2.45, 2.75) is 45.8 Å². The highest BCUT2D eigenvalue weighted by Gasteiger charge is 2.35. The first-order valence-corrected chi connectivity index (χ1v) is 7.03. The highest BCUT2D eigenvalue weighted by Crippen LogP contribution is 2.21. The molecule has 2 atom stereocenters. The fraction of sp³-hybridized carbons (Fsp3) is 0.538. The van der Waals surface area contributed by atoms with E-state index in [-0.39, 0.29) is 17.9 Å². The van der Waals surface area contributed by atoms with E-state index in [4.69, 9.17) is 0 Å². The molecule has 0 bridgehead atoms. The summed E-state index contributed by atoms with van der Waals surface area (Å²) in [5, 5.41) is 2.68. The molecule has 0 aliphatic carbocycles. The minimum absolute atomic E-state index is 0.00597. The third-order valence-electron chi connectivity index (χ3n) is 3.25. The minimum atomic E-state index is -0.417. The SMILES string of the molecule is CCc1ccc(CN2C(=O)C(C)NC(=O)C2C)s1. The summed E-state index contributed by atoms with van der Waals surface area (Å²) in [5.74, 6) is -0.0806. The van der Waals surface area contributed by atoms with Crippen LogP contribution in [0.2, 0.25) is 0 Å². The molecule has 2 amide bonds. The average Bonchev–Trinajstić information content (AvgIpc) is 2.80. The van der Waals surface area contributed by atoms with Crippen molar-refractivity contribution in [2.24, 2.45) is 0 Å². The summed E-state index contributed by atoms with van der Waals surface area (Å²) in [6.07, 6.45) is 1.01. The summed E-state index contributed by atoms with van der Waals surface area (Å²) in [5.41, 5.74) is 0. The Morgan fingerprint density at radius 1 is 1.28 bits per heavy atom. The molecule has 5 heteroatoms. The molecule has 1 aliphatic heterocycles. The Morgan fingerprint density at radius 2 is 1.94 bits per heavy atom. The van der Waals surface area contributed by atoms with Gasteiger partial charge in [0.15, 0.2) is 0 Å². The first-order valence-electron chi connectivity index (χ1n) is 6.21. The topological polar surface area (TPSA) is 49.4 Å². The highest BCUT2D eigenvalue weighted by molar-refractivity contribution is 7.11. The molecule has 1 aromatic rings. The van der Waals surface area contributed by atoms with E-state index in [0.29, 0.717) is 6.54 Å². The number of nitrogens with one attached hydrogen (secondary N) is 1. The summed E-state index contributed by atoms with van der Waals surface area (Å²) < 4.78 is 0. The molecule has 1 N–H and O–H groups in total. The Bertz CT molecular complexity index is 469. The summed E-state index contributed by atoms with van der Waals surface area (Å²) in [4.78, 5) is 27.9. The third-order valence-corrected chi connectivity index (χ3v) is 4.47. The van der Waals surface area contributed by atoms with Crippen LogP contribution < -0.4 is 5.32 Å². The van der Waals surface area contributed by atoms with Crippen LogP contribution in [0.5, 0.6) is 0 Å². The van der Waals surface area contributed by atoms with Gasteiger partial charge in [0.2, 0.25) is 11.8 Å². The van der Waals surface area contributed by atoms with Gasteiger partial charge in [-0.1, -0.05) is 6.92 Å². The number of carbonyl (C=O) groups is 2. The van der Waals surface area contributed by atoms with Crippen LogP contribution in [0.25, 0.3) is 0 Å². The fourth-order valence-electron chi connectivity index (χ4n) is 2.06. The van der Waals surface area contributed by atoms with Crippen LogP contribution in [-0.4, -0.2) is 28.8 Å². The number of thiophene rings is 1. The summed E-state index contributed by atoms with van der Waals surface area (Å²) >= 11 is 1.71. The van der Waals surface area contributed by atoms with Crippen molar-refractivity contribution in [3.8, 4) is 0 Å². The lowest BCUT2D eigenvalue weighted by atomic mass is 10.1. The number of hydrogen-bond donors (Lipinski definition) is 1. The second-order valence-electron chi connectivity index (χ2n) is 4.59. The molecule has 98 valence electrons. The van der Waals surface area contributed by atoms with Gasteiger partial charge in [-0.15, -0.1) is 11.3 Å². The number of aryl methyl sites for hydroxylation is 1. The van der Waals surface area contributed by atoms with Crippen LogP contribution in [0.4, 0.5) is 0 Å². The molecule has 2 unspecified atom stereocenters. The van der Waals surface area contributed by atoms with E-state index < -0.39 is 6.04 Å². The number of rotatable bonds is 3. The number of hydrogen-bond acceptors (Lipinski definition) is 3. The molecular formula is C13H18N2O2S. The van der Waals surface area contributed by atoms with Gasteiger partial charge in [0.25, 0.3) is 0 Å². The van der Waals surface area contributed by atoms with Crippen molar-refractivity contribution in [1.82, 2.24) is 10.2 Å². The molecule has 1 aliphatic rings. The second kappa shape index (κ2) is 5.10. The van der Waals surface area contributed by atoms with Gasteiger partial charge in [-0.2, -0.15) is 0 Å². The molecular weight excluding hydrogens is 248 g/mol. The molecule has 18 heavy (non-hydrogen) atoms. The Labute approximate surface area is 111 Å². The standard InChI is InChI=1S/C13H18N2O2S/c1-4-10-5-6-11(18-10)7-15-9(3)12(16)14-8(2)13(15)17/h5-6,8-9H,4,7H2,1-3H3,(H,14,16). The normalized spacial score (nSPS) is 24.3. The second-order valence-corrected chi connectivity index (χ2v) is 5.85. The van der Waals surface area contributed by atoms with Gasteiger partial charge in [-0.05, 0) is 32.4 Å². The molecule has 2 rings (SSSR count). The van der Waals surface area contributed by atoms with E-state index in [2.05, 4.69) is 18.3 Å². The largest absolute Gasteiger partial charge is 0.343 e. The highest BCUT2D eigenvalue weighted by atomic mass is 32.1. The first-order chi connectivity index (χ1) is 8.52. The van der Waals surface area contributed by atoms with Crippen molar-refractivity contribution < 1.29 is 9.59 Å². The Balaban J connectivity index is 2.15. The van der Waals surface area contributed by atoms with Crippen molar-refractivity contribution in [3.05, 3.63) is 21.9 Å². The zero-order chi connectivity index (χ0) is 13.3. The van der Waals surface area contributed by atoms with Crippen molar-refractivity contribution in [3.63, 3.8) is 0 Å². The predicted octanol–water partition coefficient (Wildman–Crippen LogP) is 1.55. The average molecular weight is 266 g/mol. The van der Waals surface area contributed by atoms with Gasteiger partial charge in [-0.3, -0.25) is 9.59 Å². The lowest BCUT2D eigenvalue weighted by Crippen LogP contribution is -2.60. The Hall–Kier alpha value is -1.36. The van der Waals surface area contributed by atoms with E-state index >= 15 is 0 Å². The third kappa shape index (κ3) is 2.41. The van der Waals surface area contributed by atoms with E-state index in [1.807, 2.05) is 6.07 Å². The van der Waals surface area contributed by atoms with Crippen LogP contribution in [0.3, 0.4) is 0 Å². The van der Waals surface area contributed by atoms with E-state index in [1.54, 1.807) is 30.1 Å². The van der Waals surface area contributed by atoms with E-state index in [9.17, 15) is 9.59 Å². The van der Waals surface area contributed by atoms with Crippen molar-refractivity contribution >= 4 is 23.2 Å². The number of piperazine rings is 1. The maximum absolute atomic E-state index is 12.1. The number of carbonyl (C=O) groups excluding carboxylic acids is 2. The molecule has 4 nitrogen and oxygen atoms in total. The van der Waals surface area contributed by atoms with Crippen molar-refractivity contribution in [2.75, 3.05) is 0 Å².